The van der Waals surface area contributed by atoms with Crippen LogP contribution in [0.3, 0.4) is 0 Å². The monoisotopic (exact) mass is 281 g/mol. The lowest BCUT2D eigenvalue weighted by Gasteiger charge is -2.07. The van der Waals surface area contributed by atoms with E-state index in [0.29, 0.717) is 16.7 Å². The van der Waals surface area contributed by atoms with Crippen LogP contribution in [0, 0.1) is 28.4 Å². The van der Waals surface area contributed by atoms with Crippen molar-refractivity contribution in [3.8, 4) is 6.07 Å². The number of hydrogen-bond acceptors (Lipinski definition) is 4. The van der Waals surface area contributed by atoms with Gasteiger partial charge in [-0.2, -0.15) is 5.26 Å². The zero-order chi connectivity index (χ0) is 15.4. The zero-order valence-electron chi connectivity index (χ0n) is 11.2. The number of rotatable bonds is 3. The van der Waals surface area contributed by atoms with Gasteiger partial charge in [0.25, 0.3) is 11.6 Å². The Bertz CT molecular complexity index is 746. The van der Waals surface area contributed by atoms with E-state index < -0.39 is 10.8 Å². The smallest absolute Gasteiger partial charge is 0.295 e. The highest BCUT2D eigenvalue weighted by Crippen LogP contribution is 2.28. The summed E-state index contributed by atoms with van der Waals surface area (Å²) >= 11 is 0. The molecule has 6 heteroatoms. The quantitative estimate of drug-likeness (QED) is 0.690. The third kappa shape index (κ3) is 3.04. The van der Waals surface area contributed by atoms with Crippen LogP contribution >= 0.6 is 0 Å². The van der Waals surface area contributed by atoms with Gasteiger partial charge in [-0.25, -0.2) is 0 Å². The van der Waals surface area contributed by atoms with Crippen molar-refractivity contribution in [2.75, 3.05) is 5.32 Å². The van der Waals surface area contributed by atoms with Gasteiger partial charge < -0.3 is 5.32 Å². The van der Waals surface area contributed by atoms with Crippen LogP contribution in [0.4, 0.5) is 11.4 Å². The van der Waals surface area contributed by atoms with Crippen molar-refractivity contribution in [1.29, 1.82) is 5.26 Å². The highest BCUT2D eigenvalue weighted by atomic mass is 16.6. The molecule has 2 rings (SSSR count). The van der Waals surface area contributed by atoms with Crippen LogP contribution in [0.5, 0.6) is 0 Å². The average Bonchev–Trinajstić information content (AvgIpc) is 2.47. The van der Waals surface area contributed by atoms with Gasteiger partial charge in [0.15, 0.2) is 0 Å². The highest BCUT2D eigenvalue weighted by molar-refractivity contribution is 6.05. The van der Waals surface area contributed by atoms with Crippen molar-refractivity contribution >= 4 is 17.3 Å². The van der Waals surface area contributed by atoms with Crippen molar-refractivity contribution in [2.45, 2.75) is 6.92 Å². The van der Waals surface area contributed by atoms with E-state index in [-0.39, 0.29) is 11.4 Å². The lowest BCUT2D eigenvalue weighted by molar-refractivity contribution is -0.384. The largest absolute Gasteiger partial charge is 0.316 e. The van der Waals surface area contributed by atoms with Crippen LogP contribution < -0.4 is 5.32 Å². The predicted molar refractivity (Wildman–Crippen MR) is 76.9 cm³/mol. The Labute approximate surface area is 120 Å². The van der Waals surface area contributed by atoms with Gasteiger partial charge in [-0.3, -0.25) is 14.9 Å². The number of aryl methyl sites for hydroxylation is 1. The second kappa shape index (κ2) is 5.84. The summed E-state index contributed by atoms with van der Waals surface area (Å²) in [5.74, 6) is -0.465. The standard InChI is InChI=1S/C15H11N3O3/c1-10-3-2-4-13(14(10)18(20)21)17-15(19)12-7-5-11(9-16)6-8-12/h2-8H,1H3,(H,17,19). The Hall–Kier alpha value is -3.20. The molecule has 2 aromatic carbocycles. The van der Waals surface area contributed by atoms with Crippen molar-refractivity contribution in [1.82, 2.24) is 0 Å². The van der Waals surface area contributed by atoms with Gasteiger partial charge in [-0.15, -0.1) is 0 Å². The summed E-state index contributed by atoms with van der Waals surface area (Å²) in [6.07, 6.45) is 0. The number of nitriles is 1. The predicted octanol–water partition coefficient (Wildman–Crippen LogP) is 3.03. The second-order valence-corrected chi connectivity index (χ2v) is 4.37. The number of benzene rings is 2. The maximum atomic E-state index is 12.1. The molecule has 0 aromatic heterocycles. The number of hydrogen-bond donors (Lipinski definition) is 1. The Morgan fingerprint density at radius 1 is 1.24 bits per heavy atom. The van der Waals surface area contributed by atoms with E-state index in [9.17, 15) is 14.9 Å². The van der Waals surface area contributed by atoms with Gasteiger partial charge in [0.05, 0.1) is 16.6 Å². The van der Waals surface area contributed by atoms with Crippen molar-refractivity contribution in [2.24, 2.45) is 0 Å². The fourth-order valence-corrected chi connectivity index (χ4v) is 1.89. The minimum absolute atomic E-state index is 0.125. The minimum Gasteiger partial charge on any atom is -0.316 e. The fourth-order valence-electron chi connectivity index (χ4n) is 1.89. The van der Waals surface area contributed by atoms with E-state index in [0.717, 1.165) is 0 Å². The summed E-state index contributed by atoms with van der Waals surface area (Å²) in [6.45, 7) is 1.61. The highest BCUT2D eigenvalue weighted by Gasteiger charge is 2.19. The summed E-state index contributed by atoms with van der Waals surface area (Å²) < 4.78 is 0. The molecular formula is C15H11N3O3. The molecule has 21 heavy (non-hydrogen) atoms. The summed E-state index contributed by atoms with van der Waals surface area (Å²) in [6, 6.07) is 12.7. The number of nitro groups is 1. The van der Waals surface area contributed by atoms with Gasteiger partial charge in [0.2, 0.25) is 0 Å². The molecule has 0 unspecified atom stereocenters. The lowest BCUT2D eigenvalue weighted by atomic mass is 10.1. The number of carbonyl (C=O) groups excluding carboxylic acids is 1. The van der Waals surface area contributed by atoms with E-state index in [1.54, 1.807) is 19.1 Å². The van der Waals surface area contributed by atoms with Gasteiger partial charge >= 0.3 is 0 Å². The molecule has 0 bridgehead atoms. The van der Waals surface area contributed by atoms with Crippen LogP contribution in [0.25, 0.3) is 0 Å². The molecule has 0 saturated heterocycles. The molecule has 1 N–H and O–H groups in total. The molecule has 0 aliphatic rings. The zero-order valence-corrected chi connectivity index (χ0v) is 11.2. The van der Waals surface area contributed by atoms with E-state index in [2.05, 4.69) is 5.32 Å². The average molecular weight is 281 g/mol. The molecule has 0 atom stereocenters. The van der Waals surface area contributed by atoms with Crippen LogP contribution in [0.1, 0.15) is 21.5 Å². The van der Waals surface area contributed by atoms with Crippen molar-refractivity contribution < 1.29 is 9.72 Å². The van der Waals surface area contributed by atoms with E-state index >= 15 is 0 Å². The molecule has 0 heterocycles. The molecule has 0 fully saturated rings. The molecule has 0 spiro atoms. The molecule has 1 amide bonds. The van der Waals surface area contributed by atoms with Gasteiger partial charge in [-0.1, -0.05) is 12.1 Å². The molecule has 0 saturated carbocycles. The van der Waals surface area contributed by atoms with Gasteiger partial charge in [0, 0.05) is 11.1 Å². The third-order valence-electron chi connectivity index (χ3n) is 2.94. The summed E-state index contributed by atoms with van der Waals surface area (Å²) in [4.78, 5) is 22.6. The first-order valence-electron chi connectivity index (χ1n) is 6.08. The fraction of sp³-hybridized carbons (Fsp3) is 0.0667. The number of carbonyl (C=O) groups is 1. The molecule has 0 aliphatic carbocycles. The van der Waals surface area contributed by atoms with Crippen LogP contribution in [0.2, 0.25) is 0 Å². The first kappa shape index (κ1) is 14.2. The number of nitrogens with one attached hydrogen (secondary N) is 1. The topological polar surface area (TPSA) is 96.0 Å². The number of nitro benzene ring substituents is 1. The lowest BCUT2D eigenvalue weighted by Crippen LogP contribution is -2.13. The molecule has 0 aliphatic heterocycles. The Morgan fingerprint density at radius 3 is 2.48 bits per heavy atom. The summed E-state index contributed by atoms with van der Waals surface area (Å²) in [5, 5.41) is 22.3. The number of anilines is 1. The normalized spacial score (nSPS) is 9.71. The number of nitrogens with zero attached hydrogens (tertiary/aromatic N) is 2. The van der Waals surface area contributed by atoms with Crippen LogP contribution in [0.15, 0.2) is 42.5 Å². The number of para-hydroxylation sites is 1. The Balaban J connectivity index is 2.29. The molecule has 6 nitrogen and oxygen atoms in total. The number of amides is 1. The summed E-state index contributed by atoms with van der Waals surface area (Å²) in [5.41, 5.74) is 1.25. The van der Waals surface area contributed by atoms with E-state index in [1.807, 2.05) is 6.07 Å². The van der Waals surface area contributed by atoms with E-state index in [4.69, 9.17) is 5.26 Å². The second-order valence-electron chi connectivity index (χ2n) is 4.37. The molecule has 2 aromatic rings. The van der Waals surface area contributed by atoms with Crippen molar-refractivity contribution in [3.05, 3.63) is 69.3 Å². The van der Waals surface area contributed by atoms with Gasteiger partial charge in [0.1, 0.15) is 5.69 Å². The Kier molecular flexibility index (Phi) is 3.95. The molecule has 0 radical (unpaired) electrons. The Morgan fingerprint density at radius 2 is 1.90 bits per heavy atom. The summed E-state index contributed by atoms with van der Waals surface area (Å²) in [7, 11) is 0. The van der Waals surface area contributed by atoms with Crippen LogP contribution in [-0.2, 0) is 0 Å². The first-order chi connectivity index (χ1) is 10.0. The molecular weight excluding hydrogens is 270 g/mol. The van der Waals surface area contributed by atoms with Crippen molar-refractivity contribution in [3.63, 3.8) is 0 Å². The first-order valence-corrected chi connectivity index (χ1v) is 6.08. The van der Waals surface area contributed by atoms with Gasteiger partial charge in [-0.05, 0) is 37.3 Å². The third-order valence-corrected chi connectivity index (χ3v) is 2.94. The maximum absolute atomic E-state index is 12.1. The molecule has 104 valence electrons. The maximum Gasteiger partial charge on any atom is 0.295 e. The minimum atomic E-state index is -0.524. The van der Waals surface area contributed by atoms with E-state index in [1.165, 1.54) is 30.3 Å². The SMILES string of the molecule is Cc1cccc(NC(=O)c2ccc(C#N)cc2)c1[N+](=O)[O-]. The van der Waals surface area contributed by atoms with Crippen LogP contribution in [-0.4, -0.2) is 10.8 Å².